The van der Waals surface area contributed by atoms with Crippen molar-refractivity contribution in [1.29, 1.82) is 0 Å². The van der Waals surface area contributed by atoms with Crippen molar-refractivity contribution in [3.63, 3.8) is 0 Å². The second-order valence-corrected chi connectivity index (χ2v) is 14.4. The number of nitrogens with one attached hydrogen (secondary N) is 3. The zero-order valence-corrected chi connectivity index (χ0v) is 30.1. The van der Waals surface area contributed by atoms with Crippen molar-refractivity contribution < 1.29 is 14.4 Å². The summed E-state index contributed by atoms with van der Waals surface area (Å²) in [7, 11) is 0. The molecule has 4 atom stereocenters. The molecule has 1 aliphatic carbocycles. The van der Waals surface area contributed by atoms with Gasteiger partial charge in [0.2, 0.25) is 5.91 Å². The molecular formula is C38H47ClN10O3. The first-order valence-electron chi connectivity index (χ1n) is 18.1. The first kappa shape index (κ1) is 37.2. The zero-order chi connectivity index (χ0) is 35.5. The van der Waals surface area contributed by atoms with Crippen LogP contribution in [0.4, 0.5) is 5.69 Å². The van der Waals surface area contributed by atoms with Crippen molar-refractivity contribution in [3.8, 4) is 22.5 Å². The molecule has 13 nitrogen and oxygen atoms in total. The fourth-order valence-electron chi connectivity index (χ4n) is 7.98. The number of aromatic nitrogens is 5. The number of carbonyl (C=O) groups excluding carboxylic acids is 3. The molecule has 1 saturated carbocycles. The number of benzene rings is 2. The number of nitrogens with zero attached hydrogens (tertiary/aromatic N) is 5. The molecule has 0 radical (unpaired) electrons. The van der Waals surface area contributed by atoms with Crippen molar-refractivity contribution in [3.05, 3.63) is 77.6 Å². The Hall–Kier alpha value is -4.56. The normalized spacial score (nSPS) is 22.9. The third-order valence-corrected chi connectivity index (χ3v) is 10.9. The fourth-order valence-corrected chi connectivity index (χ4v) is 7.98. The second kappa shape index (κ2) is 16.4. The minimum atomic E-state index is -0.949. The first-order valence-corrected chi connectivity index (χ1v) is 18.1. The quantitative estimate of drug-likeness (QED) is 0.160. The van der Waals surface area contributed by atoms with E-state index in [1.165, 1.54) is 17.7 Å². The van der Waals surface area contributed by atoms with Crippen molar-refractivity contribution >= 4 is 35.8 Å². The van der Waals surface area contributed by atoms with E-state index in [0.29, 0.717) is 54.6 Å². The number of fused-ring (bicyclic) bond motifs is 2. The monoisotopic (exact) mass is 726 g/mol. The van der Waals surface area contributed by atoms with Gasteiger partial charge in [-0.2, -0.15) is 0 Å². The van der Waals surface area contributed by atoms with E-state index in [9.17, 15) is 14.4 Å². The number of halogens is 1. The van der Waals surface area contributed by atoms with E-state index in [4.69, 9.17) is 11.5 Å². The summed E-state index contributed by atoms with van der Waals surface area (Å²) in [6, 6.07) is 16.9. The van der Waals surface area contributed by atoms with Gasteiger partial charge in [0, 0.05) is 41.4 Å². The number of H-pyrrole nitrogens is 1. The number of piperidine rings is 1. The lowest BCUT2D eigenvalue weighted by atomic mass is 9.81. The van der Waals surface area contributed by atoms with Crippen LogP contribution in [0.1, 0.15) is 73.0 Å². The van der Waals surface area contributed by atoms with Crippen LogP contribution in [-0.4, -0.2) is 74.0 Å². The molecule has 2 bridgehead atoms. The van der Waals surface area contributed by atoms with Crippen LogP contribution in [0.25, 0.3) is 22.5 Å². The lowest BCUT2D eigenvalue weighted by Gasteiger charge is -2.32. The highest BCUT2D eigenvalue weighted by molar-refractivity contribution is 6.17. The van der Waals surface area contributed by atoms with Gasteiger partial charge in [0.15, 0.2) is 5.82 Å². The average molecular weight is 727 g/mol. The summed E-state index contributed by atoms with van der Waals surface area (Å²) in [5.74, 6) is -0.227. The highest BCUT2D eigenvalue weighted by atomic mass is 35.5. The van der Waals surface area contributed by atoms with Crippen molar-refractivity contribution in [1.82, 2.24) is 36.2 Å². The van der Waals surface area contributed by atoms with E-state index in [1.807, 2.05) is 37.3 Å². The number of hydrogen-bond donors (Lipinski definition) is 5. The number of pyridine rings is 1. The SMILES string of the molecule is Cc1cc(C(=O)NC2C[C@H]3CC[C@@H](C2)N3)ncc1-c1ccc(C[C@H](N)C(=O)N(c2ccc(-c3nnn[nH]3)cc2)C(=O)[C@H]2CC[C@H](CN)CC2)cc1.Cl. The smallest absolute Gasteiger partial charge is 0.270 e. The Morgan fingerprint density at radius 3 is 2.23 bits per heavy atom. The highest BCUT2D eigenvalue weighted by Gasteiger charge is 2.36. The highest BCUT2D eigenvalue weighted by Crippen LogP contribution is 2.32. The number of tetrazole rings is 1. The molecule has 7 N–H and O–H groups in total. The van der Waals surface area contributed by atoms with Crippen LogP contribution in [0, 0.1) is 18.8 Å². The molecule has 2 aliphatic heterocycles. The van der Waals surface area contributed by atoms with Gasteiger partial charge < -0.3 is 22.1 Å². The number of aromatic amines is 1. The van der Waals surface area contributed by atoms with Gasteiger partial charge in [-0.3, -0.25) is 19.4 Å². The maximum atomic E-state index is 14.0. The van der Waals surface area contributed by atoms with Gasteiger partial charge in [-0.05, 0) is 135 Å². The molecule has 0 spiro atoms. The molecule has 2 saturated heterocycles. The number of rotatable bonds is 10. The Morgan fingerprint density at radius 1 is 0.942 bits per heavy atom. The standard InChI is InChI=1S/C38H46N10O3.ClH/c1-22-16-34(36(49)43-30-18-28-12-13-29(19-30)42-28)41-21-32(22)25-6-2-23(3-7-25)17-33(40)38(51)48(37(50)27-8-4-24(20-39)5-9-27)31-14-10-26(11-15-31)35-44-46-47-45-35;/h2-3,6-7,10-11,14-16,21,24,27-30,33,42H,4-5,8-9,12-13,17-20,39-40H2,1H3,(H,43,49)(H,44,45,46,47);1H/t24-,27-,28-,29+,30?,33-;/m0./s1. The predicted octanol–water partition coefficient (Wildman–Crippen LogP) is 3.87. The number of imide groups is 1. The molecular weight excluding hydrogens is 680 g/mol. The topological polar surface area (TPSA) is 198 Å². The number of nitrogens with two attached hydrogens (primary N) is 2. The molecule has 2 aromatic heterocycles. The van der Waals surface area contributed by atoms with Crippen LogP contribution in [0.15, 0.2) is 60.8 Å². The summed E-state index contributed by atoms with van der Waals surface area (Å²) in [6.07, 6.45) is 9.35. The number of amides is 3. The number of anilines is 1. The largest absolute Gasteiger partial charge is 0.348 e. The molecule has 7 rings (SSSR count). The van der Waals surface area contributed by atoms with Crippen LogP contribution < -0.4 is 27.0 Å². The van der Waals surface area contributed by atoms with E-state index < -0.39 is 11.9 Å². The summed E-state index contributed by atoms with van der Waals surface area (Å²) in [5.41, 5.74) is 17.7. The van der Waals surface area contributed by atoms with Crippen LogP contribution in [0.3, 0.4) is 0 Å². The van der Waals surface area contributed by atoms with Crippen LogP contribution in [0.2, 0.25) is 0 Å². The Balaban J connectivity index is 0.00000464. The van der Waals surface area contributed by atoms with Crippen LogP contribution in [0.5, 0.6) is 0 Å². The third kappa shape index (κ3) is 8.23. The summed E-state index contributed by atoms with van der Waals surface area (Å²) in [4.78, 5) is 46.8. The Labute approximate surface area is 309 Å². The number of hydrogen-bond acceptors (Lipinski definition) is 10. The molecule has 52 heavy (non-hydrogen) atoms. The average Bonchev–Trinajstić information content (AvgIpc) is 3.82. The van der Waals surface area contributed by atoms with Crippen molar-refractivity contribution in [2.45, 2.75) is 88.9 Å². The summed E-state index contributed by atoms with van der Waals surface area (Å²) < 4.78 is 0. The van der Waals surface area contributed by atoms with Gasteiger partial charge in [-0.15, -0.1) is 17.5 Å². The first-order chi connectivity index (χ1) is 24.7. The van der Waals surface area contributed by atoms with E-state index >= 15 is 0 Å². The van der Waals surface area contributed by atoms with Crippen molar-refractivity contribution in [2.24, 2.45) is 23.3 Å². The minimum absolute atomic E-state index is 0. The minimum Gasteiger partial charge on any atom is -0.348 e. The summed E-state index contributed by atoms with van der Waals surface area (Å²) >= 11 is 0. The van der Waals surface area contributed by atoms with Gasteiger partial charge >= 0.3 is 0 Å². The second-order valence-electron chi connectivity index (χ2n) is 14.4. The Kier molecular flexibility index (Phi) is 11.7. The van der Waals surface area contributed by atoms with Gasteiger partial charge in [0.1, 0.15) is 5.69 Å². The van der Waals surface area contributed by atoms with E-state index in [1.54, 1.807) is 30.5 Å². The van der Waals surface area contributed by atoms with E-state index in [2.05, 4.69) is 36.2 Å². The fraction of sp³-hybridized carbons (Fsp3) is 0.447. The Morgan fingerprint density at radius 2 is 1.62 bits per heavy atom. The molecule has 3 aliphatic rings. The molecule has 14 heteroatoms. The van der Waals surface area contributed by atoms with Crippen molar-refractivity contribution in [2.75, 3.05) is 11.4 Å². The molecule has 3 amide bonds. The molecule has 274 valence electrons. The molecule has 4 heterocycles. The maximum Gasteiger partial charge on any atom is 0.270 e. The van der Waals surface area contributed by atoms with Gasteiger partial charge in [0.25, 0.3) is 11.8 Å². The molecule has 3 fully saturated rings. The van der Waals surface area contributed by atoms with Gasteiger partial charge in [0.05, 0.1) is 11.7 Å². The van der Waals surface area contributed by atoms with Crippen LogP contribution >= 0.6 is 12.4 Å². The van der Waals surface area contributed by atoms with Gasteiger partial charge in [-0.25, -0.2) is 10.00 Å². The molecule has 4 aromatic rings. The van der Waals surface area contributed by atoms with E-state index in [0.717, 1.165) is 53.5 Å². The Bertz CT molecular complexity index is 1830. The zero-order valence-electron chi connectivity index (χ0n) is 29.3. The summed E-state index contributed by atoms with van der Waals surface area (Å²) in [6.45, 7) is 2.58. The molecule has 2 aromatic carbocycles. The third-order valence-electron chi connectivity index (χ3n) is 10.9. The maximum absolute atomic E-state index is 14.0. The van der Waals surface area contributed by atoms with Gasteiger partial charge in [-0.1, -0.05) is 24.3 Å². The predicted molar refractivity (Wildman–Crippen MR) is 200 cm³/mol. The lowest BCUT2D eigenvalue weighted by molar-refractivity contribution is -0.130. The number of carbonyl (C=O) groups is 3. The lowest BCUT2D eigenvalue weighted by Crippen LogP contribution is -2.50. The van der Waals surface area contributed by atoms with Crippen LogP contribution in [-0.2, 0) is 16.0 Å². The van der Waals surface area contributed by atoms with E-state index in [-0.39, 0.29) is 42.6 Å². The molecule has 1 unspecified atom stereocenters. The number of aryl methyl sites for hydroxylation is 1. The summed E-state index contributed by atoms with van der Waals surface area (Å²) in [5, 5.41) is 20.7.